The Morgan fingerprint density at radius 2 is 2.35 bits per heavy atom. The van der Waals surface area contributed by atoms with E-state index in [0.717, 1.165) is 12.8 Å². The van der Waals surface area contributed by atoms with E-state index in [2.05, 4.69) is 9.82 Å². The molecular formula is C10H13N3O3S. The number of nitrogens with two attached hydrogens (primary N) is 1. The molecule has 0 radical (unpaired) electrons. The van der Waals surface area contributed by atoms with Crippen LogP contribution in [0, 0.1) is 5.92 Å². The van der Waals surface area contributed by atoms with Gasteiger partial charge >= 0.3 is 5.97 Å². The molecule has 1 heterocycles. The maximum atomic E-state index is 11.4. The number of nitrogens with zero attached hydrogens (tertiary/aromatic N) is 2. The summed E-state index contributed by atoms with van der Waals surface area (Å²) in [5.41, 5.74) is 0. The third-order valence-corrected chi connectivity index (χ3v) is 3.15. The first-order chi connectivity index (χ1) is 8.22. The first kappa shape index (κ1) is 12.0. The lowest BCUT2D eigenvalue weighted by molar-refractivity contribution is -0.151. The molecule has 0 amide bonds. The molecule has 1 aromatic heterocycles. The molecule has 0 spiro atoms. The van der Waals surface area contributed by atoms with E-state index in [0.29, 0.717) is 6.42 Å². The molecule has 0 aliphatic heterocycles. The third-order valence-electron chi connectivity index (χ3n) is 2.84. The van der Waals surface area contributed by atoms with Crippen LogP contribution in [0.25, 0.3) is 0 Å². The SMILES string of the molecule is NOC(=O)C1CCCC1OC(=S)n1ccnc1. The smallest absolute Gasteiger partial charge is 0.331 e. The van der Waals surface area contributed by atoms with E-state index in [9.17, 15) is 4.79 Å². The second-order valence-corrected chi connectivity index (χ2v) is 4.22. The Labute approximate surface area is 104 Å². The van der Waals surface area contributed by atoms with E-state index in [1.54, 1.807) is 23.3 Å². The molecule has 1 aliphatic carbocycles. The summed E-state index contributed by atoms with van der Waals surface area (Å²) in [6, 6.07) is 0. The first-order valence-electron chi connectivity index (χ1n) is 5.32. The summed E-state index contributed by atoms with van der Waals surface area (Å²) in [4.78, 5) is 19.5. The van der Waals surface area contributed by atoms with E-state index in [1.807, 2.05) is 0 Å². The van der Waals surface area contributed by atoms with Crippen molar-refractivity contribution >= 4 is 23.4 Å². The fourth-order valence-corrected chi connectivity index (χ4v) is 2.21. The van der Waals surface area contributed by atoms with Crippen LogP contribution in [0.1, 0.15) is 19.3 Å². The fraction of sp³-hybridized carbons (Fsp3) is 0.500. The number of carbonyl (C=O) groups is 1. The molecule has 6 nitrogen and oxygen atoms in total. The number of aromatic nitrogens is 2. The monoisotopic (exact) mass is 255 g/mol. The van der Waals surface area contributed by atoms with Crippen molar-refractivity contribution in [2.45, 2.75) is 25.4 Å². The largest absolute Gasteiger partial charge is 0.466 e. The molecule has 1 aliphatic rings. The predicted molar refractivity (Wildman–Crippen MR) is 62.7 cm³/mol. The molecule has 2 atom stereocenters. The van der Waals surface area contributed by atoms with Gasteiger partial charge in [0.2, 0.25) is 0 Å². The Balaban J connectivity index is 1.98. The van der Waals surface area contributed by atoms with E-state index >= 15 is 0 Å². The van der Waals surface area contributed by atoms with E-state index in [1.165, 1.54) is 0 Å². The summed E-state index contributed by atoms with van der Waals surface area (Å²) in [7, 11) is 0. The predicted octanol–water partition coefficient (Wildman–Crippen LogP) is 0.618. The summed E-state index contributed by atoms with van der Waals surface area (Å²) in [5.74, 6) is 4.11. The summed E-state index contributed by atoms with van der Waals surface area (Å²) in [5, 5.41) is 0.282. The lowest BCUT2D eigenvalue weighted by atomic mass is 10.1. The molecule has 2 rings (SSSR count). The van der Waals surface area contributed by atoms with Crippen molar-refractivity contribution in [1.82, 2.24) is 9.55 Å². The zero-order valence-corrected chi connectivity index (χ0v) is 9.93. The Morgan fingerprint density at radius 1 is 1.53 bits per heavy atom. The zero-order valence-electron chi connectivity index (χ0n) is 9.11. The minimum Gasteiger partial charge on any atom is -0.466 e. The first-order valence-corrected chi connectivity index (χ1v) is 5.72. The second-order valence-electron chi connectivity index (χ2n) is 3.87. The minimum absolute atomic E-state index is 0.263. The van der Waals surface area contributed by atoms with Crippen LogP contribution < -0.4 is 5.90 Å². The highest BCUT2D eigenvalue weighted by molar-refractivity contribution is 7.80. The number of hydrogen-bond acceptors (Lipinski definition) is 6. The van der Waals surface area contributed by atoms with Gasteiger partial charge in [0.1, 0.15) is 12.4 Å². The summed E-state index contributed by atoms with van der Waals surface area (Å²) >= 11 is 5.10. The van der Waals surface area contributed by atoms with Gasteiger partial charge in [-0.2, -0.15) is 5.90 Å². The van der Waals surface area contributed by atoms with Crippen LogP contribution >= 0.6 is 12.2 Å². The lowest BCUT2D eigenvalue weighted by Gasteiger charge is -2.19. The van der Waals surface area contributed by atoms with E-state index in [4.69, 9.17) is 22.9 Å². The third kappa shape index (κ3) is 2.62. The normalized spacial score (nSPS) is 23.4. The Hall–Kier alpha value is -1.47. The second kappa shape index (κ2) is 5.24. The van der Waals surface area contributed by atoms with Gasteiger partial charge in [0.15, 0.2) is 0 Å². The molecular weight excluding hydrogens is 242 g/mol. The van der Waals surface area contributed by atoms with Gasteiger partial charge < -0.3 is 9.57 Å². The standard InChI is InChI=1S/C10H13N3O3S/c11-16-9(14)7-2-1-3-8(7)15-10(17)13-5-4-12-6-13/h4-8H,1-3,11H2. The average molecular weight is 255 g/mol. The number of thiocarbonyl (C=S) groups is 1. The van der Waals surface area contributed by atoms with Crippen molar-refractivity contribution in [3.8, 4) is 0 Å². The number of hydrogen-bond donors (Lipinski definition) is 1. The topological polar surface area (TPSA) is 79.4 Å². The van der Waals surface area contributed by atoms with Gasteiger partial charge in [-0.3, -0.25) is 4.57 Å². The number of rotatable bonds is 2. The van der Waals surface area contributed by atoms with E-state index in [-0.39, 0.29) is 17.2 Å². The Kier molecular flexibility index (Phi) is 3.70. The van der Waals surface area contributed by atoms with Crippen LogP contribution in [0.5, 0.6) is 0 Å². The highest BCUT2D eigenvalue weighted by atomic mass is 32.1. The number of imidazole rings is 1. The van der Waals surface area contributed by atoms with Crippen LogP contribution in [0.2, 0.25) is 0 Å². The van der Waals surface area contributed by atoms with Crippen molar-refractivity contribution in [1.29, 1.82) is 0 Å². The highest BCUT2D eigenvalue weighted by Gasteiger charge is 2.36. The maximum absolute atomic E-state index is 11.4. The molecule has 0 aromatic carbocycles. The molecule has 1 aromatic rings. The van der Waals surface area contributed by atoms with Crippen LogP contribution in [0.15, 0.2) is 18.7 Å². The molecule has 1 saturated carbocycles. The molecule has 2 N–H and O–H groups in total. The Morgan fingerprint density at radius 3 is 3.00 bits per heavy atom. The van der Waals surface area contributed by atoms with Gasteiger partial charge in [0.25, 0.3) is 5.17 Å². The maximum Gasteiger partial charge on any atom is 0.331 e. The molecule has 7 heteroatoms. The van der Waals surface area contributed by atoms with Crippen molar-refractivity contribution < 1.29 is 14.4 Å². The van der Waals surface area contributed by atoms with Crippen molar-refractivity contribution in [2.24, 2.45) is 11.8 Å². The van der Waals surface area contributed by atoms with Crippen molar-refractivity contribution in [2.75, 3.05) is 0 Å². The molecule has 2 unspecified atom stereocenters. The quantitative estimate of drug-likeness (QED) is 0.616. The summed E-state index contributed by atoms with van der Waals surface area (Å²) in [6.45, 7) is 0. The zero-order chi connectivity index (χ0) is 12.3. The van der Waals surface area contributed by atoms with Gasteiger partial charge in [-0.1, -0.05) is 0 Å². The molecule has 1 fully saturated rings. The van der Waals surface area contributed by atoms with Crippen LogP contribution in [-0.2, 0) is 14.4 Å². The van der Waals surface area contributed by atoms with Crippen molar-refractivity contribution in [3.05, 3.63) is 18.7 Å². The van der Waals surface area contributed by atoms with Gasteiger partial charge in [-0.05, 0) is 31.5 Å². The Bertz CT molecular complexity index is 407. The minimum atomic E-state index is -0.444. The average Bonchev–Trinajstić information content (AvgIpc) is 2.98. The van der Waals surface area contributed by atoms with Gasteiger partial charge in [-0.25, -0.2) is 9.78 Å². The summed E-state index contributed by atoms with van der Waals surface area (Å²) < 4.78 is 7.17. The summed E-state index contributed by atoms with van der Waals surface area (Å²) in [6.07, 6.45) is 6.97. The molecule has 0 saturated heterocycles. The van der Waals surface area contributed by atoms with E-state index < -0.39 is 5.97 Å². The number of carbonyl (C=O) groups excluding carboxylic acids is 1. The van der Waals surface area contributed by atoms with Crippen LogP contribution in [0.4, 0.5) is 0 Å². The molecule has 0 bridgehead atoms. The van der Waals surface area contributed by atoms with Crippen LogP contribution in [-0.4, -0.2) is 26.8 Å². The van der Waals surface area contributed by atoms with Crippen molar-refractivity contribution in [3.63, 3.8) is 0 Å². The lowest BCUT2D eigenvalue weighted by Crippen LogP contribution is -2.31. The van der Waals surface area contributed by atoms with Gasteiger partial charge in [0.05, 0.1) is 5.92 Å². The van der Waals surface area contributed by atoms with Gasteiger partial charge in [-0.15, -0.1) is 0 Å². The fourth-order valence-electron chi connectivity index (χ4n) is 1.98. The highest BCUT2D eigenvalue weighted by Crippen LogP contribution is 2.29. The molecule has 92 valence electrons. The van der Waals surface area contributed by atoms with Crippen LogP contribution in [0.3, 0.4) is 0 Å². The molecule has 17 heavy (non-hydrogen) atoms. The number of ether oxygens (including phenoxy) is 1. The van der Waals surface area contributed by atoms with Gasteiger partial charge in [0, 0.05) is 12.4 Å².